The Bertz CT molecular complexity index is 475. The summed E-state index contributed by atoms with van der Waals surface area (Å²) in [5, 5.41) is 2.77. The van der Waals surface area contributed by atoms with E-state index in [0.717, 1.165) is 0 Å². The van der Waals surface area contributed by atoms with Crippen LogP contribution < -0.4 is 11.1 Å². The van der Waals surface area contributed by atoms with Crippen molar-refractivity contribution in [3.8, 4) is 0 Å². The van der Waals surface area contributed by atoms with Gasteiger partial charge in [-0.15, -0.1) is 0 Å². The maximum atomic E-state index is 12.2. The Kier molecular flexibility index (Phi) is 3.34. The maximum absolute atomic E-state index is 12.2. The molecule has 3 N–H and O–H groups in total. The van der Waals surface area contributed by atoms with Crippen LogP contribution in [-0.4, -0.2) is 25.0 Å². The van der Waals surface area contributed by atoms with E-state index in [1.54, 1.807) is 24.3 Å². The standard InChI is InChI=1S/C13H16N2O3/c1-2-13(7-18-8-13)12(17)15-10-6-4-3-5-9(10)11(14)16/h3-6H,2,7-8H2,1H3,(H2,14,16)(H,15,17). The Morgan fingerprint density at radius 3 is 2.56 bits per heavy atom. The molecule has 0 saturated carbocycles. The van der Waals surface area contributed by atoms with Crippen molar-refractivity contribution >= 4 is 17.5 Å². The van der Waals surface area contributed by atoms with E-state index in [2.05, 4.69) is 5.32 Å². The molecule has 0 unspecified atom stereocenters. The van der Waals surface area contributed by atoms with E-state index in [0.29, 0.717) is 30.9 Å². The molecule has 1 aromatic carbocycles. The van der Waals surface area contributed by atoms with Gasteiger partial charge < -0.3 is 15.8 Å². The second-order valence-electron chi connectivity index (χ2n) is 4.49. The lowest BCUT2D eigenvalue weighted by atomic mass is 9.82. The molecular formula is C13H16N2O3. The van der Waals surface area contributed by atoms with Crippen molar-refractivity contribution in [2.75, 3.05) is 18.5 Å². The zero-order chi connectivity index (χ0) is 13.2. The normalized spacial score (nSPS) is 16.7. The van der Waals surface area contributed by atoms with Crippen LogP contribution in [0.2, 0.25) is 0 Å². The van der Waals surface area contributed by atoms with Crippen molar-refractivity contribution < 1.29 is 14.3 Å². The second-order valence-corrected chi connectivity index (χ2v) is 4.49. The average molecular weight is 248 g/mol. The van der Waals surface area contributed by atoms with E-state index in [-0.39, 0.29) is 5.91 Å². The van der Waals surface area contributed by atoms with Crippen LogP contribution in [0.3, 0.4) is 0 Å². The first-order valence-corrected chi connectivity index (χ1v) is 5.87. The van der Waals surface area contributed by atoms with Crippen molar-refractivity contribution in [2.24, 2.45) is 11.1 Å². The lowest BCUT2D eigenvalue weighted by molar-refractivity contribution is -0.156. The molecule has 18 heavy (non-hydrogen) atoms. The van der Waals surface area contributed by atoms with Gasteiger partial charge in [0.15, 0.2) is 0 Å². The van der Waals surface area contributed by atoms with Gasteiger partial charge in [0.2, 0.25) is 5.91 Å². The molecule has 0 bridgehead atoms. The zero-order valence-electron chi connectivity index (χ0n) is 10.2. The number of rotatable bonds is 4. The third-order valence-corrected chi connectivity index (χ3v) is 3.36. The number of hydrogen-bond acceptors (Lipinski definition) is 3. The number of para-hydroxylation sites is 1. The second kappa shape index (κ2) is 4.78. The number of nitrogens with one attached hydrogen (secondary N) is 1. The summed E-state index contributed by atoms with van der Waals surface area (Å²) in [6.07, 6.45) is 0.706. The molecule has 1 aliphatic rings. The predicted molar refractivity (Wildman–Crippen MR) is 67.1 cm³/mol. The molecule has 0 atom stereocenters. The van der Waals surface area contributed by atoms with Gasteiger partial charge in [0.25, 0.3) is 5.91 Å². The van der Waals surface area contributed by atoms with E-state index >= 15 is 0 Å². The van der Waals surface area contributed by atoms with Gasteiger partial charge in [-0.25, -0.2) is 0 Å². The minimum absolute atomic E-state index is 0.120. The Morgan fingerprint density at radius 1 is 1.39 bits per heavy atom. The van der Waals surface area contributed by atoms with Crippen LogP contribution in [0.25, 0.3) is 0 Å². The summed E-state index contributed by atoms with van der Waals surface area (Å²) in [5.74, 6) is -0.675. The number of hydrogen-bond donors (Lipinski definition) is 2. The van der Waals surface area contributed by atoms with Gasteiger partial charge in [-0.05, 0) is 18.6 Å². The topological polar surface area (TPSA) is 81.4 Å². The van der Waals surface area contributed by atoms with E-state index in [1.807, 2.05) is 6.92 Å². The van der Waals surface area contributed by atoms with Crippen molar-refractivity contribution in [1.82, 2.24) is 0 Å². The Balaban J connectivity index is 2.19. The highest BCUT2D eigenvalue weighted by Gasteiger charge is 2.44. The highest BCUT2D eigenvalue weighted by molar-refractivity contribution is 6.04. The summed E-state index contributed by atoms with van der Waals surface area (Å²) in [5.41, 5.74) is 5.57. The summed E-state index contributed by atoms with van der Waals surface area (Å²) >= 11 is 0. The molecule has 0 radical (unpaired) electrons. The SMILES string of the molecule is CCC1(C(=O)Nc2ccccc2C(N)=O)COC1. The molecule has 0 aromatic heterocycles. The number of amides is 2. The molecule has 2 amide bonds. The highest BCUT2D eigenvalue weighted by atomic mass is 16.5. The van der Waals surface area contributed by atoms with Crippen LogP contribution in [-0.2, 0) is 9.53 Å². The zero-order valence-corrected chi connectivity index (χ0v) is 10.2. The number of benzene rings is 1. The molecule has 1 heterocycles. The minimum atomic E-state index is -0.554. The first kappa shape index (κ1) is 12.6. The molecule has 1 saturated heterocycles. The van der Waals surface area contributed by atoms with Crippen LogP contribution in [0, 0.1) is 5.41 Å². The molecule has 2 rings (SSSR count). The fourth-order valence-electron chi connectivity index (χ4n) is 1.91. The Morgan fingerprint density at radius 2 is 2.06 bits per heavy atom. The van der Waals surface area contributed by atoms with Gasteiger partial charge in [-0.3, -0.25) is 9.59 Å². The van der Waals surface area contributed by atoms with E-state index in [1.165, 1.54) is 0 Å². The maximum Gasteiger partial charge on any atom is 0.250 e. The van der Waals surface area contributed by atoms with Crippen molar-refractivity contribution in [3.63, 3.8) is 0 Å². The summed E-state index contributed by atoms with van der Waals surface area (Å²) < 4.78 is 5.11. The van der Waals surface area contributed by atoms with E-state index in [9.17, 15) is 9.59 Å². The molecule has 5 heteroatoms. The largest absolute Gasteiger partial charge is 0.379 e. The minimum Gasteiger partial charge on any atom is -0.379 e. The van der Waals surface area contributed by atoms with Crippen LogP contribution in [0.4, 0.5) is 5.69 Å². The molecule has 1 aromatic rings. The molecule has 1 fully saturated rings. The van der Waals surface area contributed by atoms with Gasteiger partial charge in [-0.1, -0.05) is 19.1 Å². The summed E-state index contributed by atoms with van der Waals surface area (Å²) in [4.78, 5) is 23.4. The fraction of sp³-hybridized carbons (Fsp3) is 0.385. The quantitative estimate of drug-likeness (QED) is 0.838. The molecule has 5 nitrogen and oxygen atoms in total. The molecule has 0 aliphatic carbocycles. The average Bonchev–Trinajstić information content (AvgIpc) is 2.28. The van der Waals surface area contributed by atoms with Crippen LogP contribution in [0.5, 0.6) is 0 Å². The van der Waals surface area contributed by atoms with Crippen LogP contribution in [0.1, 0.15) is 23.7 Å². The summed E-state index contributed by atoms with van der Waals surface area (Å²) in [6, 6.07) is 6.71. The Hall–Kier alpha value is -1.88. The third-order valence-electron chi connectivity index (χ3n) is 3.36. The van der Waals surface area contributed by atoms with Gasteiger partial charge in [0.1, 0.15) is 0 Å². The number of carbonyl (C=O) groups is 2. The van der Waals surface area contributed by atoms with E-state index < -0.39 is 11.3 Å². The highest BCUT2D eigenvalue weighted by Crippen LogP contribution is 2.33. The lowest BCUT2D eigenvalue weighted by Crippen LogP contribution is -2.51. The first-order valence-electron chi connectivity index (χ1n) is 5.87. The molecule has 1 aliphatic heterocycles. The van der Waals surface area contributed by atoms with Crippen LogP contribution >= 0.6 is 0 Å². The monoisotopic (exact) mass is 248 g/mol. The van der Waals surface area contributed by atoms with Gasteiger partial charge in [0, 0.05) is 0 Å². The fourth-order valence-corrected chi connectivity index (χ4v) is 1.91. The van der Waals surface area contributed by atoms with Crippen molar-refractivity contribution in [1.29, 1.82) is 0 Å². The van der Waals surface area contributed by atoms with Gasteiger partial charge in [-0.2, -0.15) is 0 Å². The lowest BCUT2D eigenvalue weighted by Gasteiger charge is -2.39. The number of anilines is 1. The van der Waals surface area contributed by atoms with E-state index in [4.69, 9.17) is 10.5 Å². The number of primary amides is 1. The summed E-state index contributed by atoms with van der Waals surface area (Å²) in [6.45, 7) is 2.80. The number of ether oxygens (including phenoxy) is 1. The van der Waals surface area contributed by atoms with Gasteiger partial charge in [0.05, 0.1) is 29.9 Å². The summed E-state index contributed by atoms with van der Waals surface area (Å²) in [7, 11) is 0. The van der Waals surface area contributed by atoms with Gasteiger partial charge >= 0.3 is 0 Å². The molecule has 96 valence electrons. The van der Waals surface area contributed by atoms with Crippen LogP contribution in [0.15, 0.2) is 24.3 Å². The molecule has 0 spiro atoms. The van der Waals surface area contributed by atoms with Crippen molar-refractivity contribution in [3.05, 3.63) is 29.8 Å². The number of carbonyl (C=O) groups excluding carboxylic acids is 2. The Labute approximate surface area is 105 Å². The predicted octanol–water partition coefficient (Wildman–Crippen LogP) is 1.15. The smallest absolute Gasteiger partial charge is 0.250 e. The van der Waals surface area contributed by atoms with Crippen molar-refractivity contribution in [2.45, 2.75) is 13.3 Å². The number of nitrogens with two attached hydrogens (primary N) is 1. The first-order chi connectivity index (χ1) is 8.59. The third kappa shape index (κ3) is 2.09. The molecular weight excluding hydrogens is 232 g/mol.